The van der Waals surface area contributed by atoms with Crippen molar-refractivity contribution in [2.24, 2.45) is 5.92 Å². The van der Waals surface area contributed by atoms with Gasteiger partial charge in [0.05, 0.1) is 0 Å². The molecule has 2 aliphatic rings. The maximum Gasteiger partial charge on any atom is 0.326 e. The molecule has 120 valence electrons. The number of hydrogen-bond donors (Lipinski definition) is 1. The summed E-state index contributed by atoms with van der Waals surface area (Å²) in [5.41, 5.74) is 0.576. The summed E-state index contributed by atoms with van der Waals surface area (Å²) < 4.78 is 2.73. The fourth-order valence-corrected chi connectivity index (χ4v) is 4.48. The fourth-order valence-electron chi connectivity index (χ4n) is 4.02. The Kier molecular flexibility index (Phi) is 4.30. The topological polar surface area (TPSA) is 62.5 Å². The molecular formula is C16H21BrN2O3. The number of aryl methyl sites for hydroxylation is 1. The van der Waals surface area contributed by atoms with E-state index in [1.807, 2.05) is 17.7 Å². The lowest BCUT2D eigenvalue weighted by Gasteiger charge is -2.33. The van der Waals surface area contributed by atoms with Crippen LogP contribution in [-0.2, 0) is 11.3 Å². The van der Waals surface area contributed by atoms with Gasteiger partial charge in [0.2, 0.25) is 0 Å². The number of carbonyl (C=O) groups is 2. The molecule has 1 N–H and O–H groups in total. The number of aliphatic carboxylic acids is 1. The molecule has 0 spiro atoms. The number of likely N-dealkylation sites (tertiary alicyclic amines) is 1. The van der Waals surface area contributed by atoms with Crippen LogP contribution in [0.25, 0.3) is 0 Å². The van der Waals surface area contributed by atoms with Crippen LogP contribution in [0.4, 0.5) is 0 Å². The van der Waals surface area contributed by atoms with E-state index in [4.69, 9.17) is 0 Å². The molecule has 2 fully saturated rings. The predicted molar refractivity (Wildman–Crippen MR) is 85.8 cm³/mol. The zero-order valence-corrected chi connectivity index (χ0v) is 14.3. The molecule has 1 amide bonds. The summed E-state index contributed by atoms with van der Waals surface area (Å²) in [4.78, 5) is 26.3. The number of halogens is 1. The second-order valence-corrected chi connectivity index (χ2v) is 7.16. The molecule has 0 bridgehead atoms. The quantitative estimate of drug-likeness (QED) is 0.891. The number of carboxylic acids is 1. The Morgan fingerprint density at radius 3 is 2.77 bits per heavy atom. The van der Waals surface area contributed by atoms with E-state index in [-0.39, 0.29) is 11.9 Å². The summed E-state index contributed by atoms with van der Waals surface area (Å²) in [5.74, 6) is -0.682. The molecule has 3 unspecified atom stereocenters. The molecule has 22 heavy (non-hydrogen) atoms. The molecule has 0 radical (unpaired) electrons. The minimum atomic E-state index is -0.878. The summed E-state index contributed by atoms with van der Waals surface area (Å²) >= 11 is 3.41. The van der Waals surface area contributed by atoms with Crippen LogP contribution in [-0.4, -0.2) is 38.5 Å². The van der Waals surface area contributed by atoms with Gasteiger partial charge in [-0.3, -0.25) is 4.79 Å². The van der Waals surface area contributed by atoms with Crippen molar-refractivity contribution in [2.45, 2.75) is 57.7 Å². The molecule has 2 heterocycles. The lowest BCUT2D eigenvalue weighted by molar-refractivity contribution is -0.141. The van der Waals surface area contributed by atoms with Crippen LogP contribution in [0.2, 0.25) is 0 Å². The second-order valence-electron chi connectivity index (χ2n) is 6.24. The second kappa shape index (κ2) is 6.07. The highest BCUT2D eigenvalue weighted by Gasteiger charge is 2.48. The van der Waals surface area contributed by atoms with Gasteiger partial charge >= 0.3 is 5.97 Å². The van der Waals surface area contributed by atoms with Gasteiger partial charge < -0.3 is 14.6 Å². The number of hydrogen-bond acceptors (Lipinski definition) is 2. The molecule has 3 atom stereocenters. The van der Waals surface area contributed by atoms with Gasteiger partial charge in [-0.1, -0.05) is 12.8 Å². The monoisotopic (exact) mass is 368 g/mol. The highest BCUT2D eigenvalue weighted by molar-refractivity contribution is 9.10. The first-order valence-electron chi connectivity index (χ1n) is 7.94. The molecule has 1 saturated heterocycles. The van der Waals surface area contributed by atoms with Gasteiger partial charge in [-0.25, -0.2) is 4.79 Å². The lowest BCUT2D eigenvalue weighted by atomic mass is 9.84. The molecule has 3 rings (SSSR count). The third-order valence-electron chi connectivity index (χ3n) is 5.03. The number of rotatable bonds is 3. The highest BCUT2D eigenvalue weighted by Crippen LogP contribution is 2.40. The van der Waals surface area contributed by atoms with E-state index >= 15 is 0 Å². The molecule has 1 aliphatic heterocycles. The van der Waals surface area contributed by atoms with Gasteiger partial charge in [0, 0.05) is 23.3 Å². The maximum atomic E-state index is 13.0. The van der Waals surface area contributed by atoms with Gasteiger partial charge in [-0.15, -0.1) is 0 Å². The minimum absolute atomic E-state index is 0.0846. The van der Waals surface area contributed by atoms with E-state index in [0.29, 0.717) is 24.6 Å². The molecule has 1 aromatic rings. The Morgan fingerprint density at radius 1 is 1.36 bits per heavy atom. The molecule has 1 aliphatic carbocycles. The average Bonchev–Trinajstić information content (AvgIpc) is 3.07. The molecule has 1 aromatic heterocycles. The SMILES string of the molecule is CCn1cc(Br)cc1C(=O)N1C(C(=O)O)CC2CCCCC21. The summed E-state index contributed by atoms with van der Waals surface area (Å²) in [6.45, 7) is 2.66. The third kappa shape index (κ3) is 2.57. The highest BCUT2D eigenvalue weighted by atomic mass is 79.9. The summed E-state index contributed by atoms with van der Waals surface area (Å²) in [7, 11) is 0. The van der Waals surface area contributed by atoms with E-state index in [1.165, 1.54) is 0 Å². The standard InChI is InChI=1S/C16H21BrN2O3/c1-2-18-9-11(17)8-13(18)15(20)19-12-6-4-3-5-10(12)7-14(19)16(21)22/h8-10,12,14H,2-7H2,1H3,(H,21,22). The molecule has 0 aromatic carbocycles. The van der Waals surface area contributed by atoms with E-state index < -0.39 is 12.0 Å². The Balaban J connectivity index is 1.95. The van der Waals surface area contributed by atoms with Crippen molar-refractivity contribution in [3.8, 4) is 0 Å². The van der Waals surface area contributed by atoms with Crippen LogP contribution >= 0.6 is 15.9 Å². The van der Waals surface area contributed by atoms with E-state index in [1.54, 1.807) is 11.0 Å². The van der Waals surface area contributed by atoms with Crippen molar-refractivity contribution in [2.75, 3.05) is 0 Å². The van der Waals surface area contributed by atoms with E-state index in [9.17, 15) is 14.7 Å². The van der Waals surface area contributed by atoms with Gasteiger partial charge in [-0.2, -0.15) is 0 Å². The third-order valence-corrected chi connectivity index (χ3v) is 5.46. The average molecular weight is 369 g/mol. The van der Waals surface area contributed by atoms with Gasteiger partial charge in [0.15, 0.2) is 0 Å². The fraction of sp³-hybridized carbons (Fsp3) is 0.625. The van der Waals surface area contributed by atoms with Crippen molar-refractivity contribution in [3.63, 3.8) is 0 Å². The lowest BCUT2D eigenvalue weighted by Crippen LogP contribution is -2.46. The Hall–Kier alpha value is -1.30. The maximum absolute atomic E-state index is 13.0. The normalized spacial score (nSPS) is 27.7. The van der Waals surface area contributed by atoms with Crippen molar-refractivity contribution < 1.29 is 14.7 Å². The van der Waals surface area contributed by atoms with Crippen molar-refractivity contribution in [1.29, 1.82) is 0 Å². The smallest absolute Gasteiger partial charge is 0.326 e. The predicted octanol–water partition coefficient (Wildman–Crippen LogP) is 3.13. The summed E-state index contributed by atoms with van der Waals surface area (Å²) in [6.07, 6.45) is 6.66. The first-order valence-corrected chi connectivity index (χ1v) is 8.73. The number of carboxylic acid groups (broad SMARTS) is 1. The van der Waals surface area contributed by atoms with Gasteiger partial charge in [0.25, 0.3) is 5.91 Å². The largest absolute Gasteiger partial charge is 0.480 e. The van der Waals surface area contributed by atoms with Crippen molar-refractivity contribution in [3.05, 3.63) is 22.4 Å². The first-order chi connectivity index (χ1) is 10.5. The number of fused-ring (bicyclic) bond motifs is 1. The van der Waals surface area contributed by atoms with Crippen molar-refractivity contribution in [1.82, 2.24) is 9.47 Å². The van der Waals surface area contributed by atoms with Crippen LogP contribution in [0.1, 0.15) is 49.5 Å². The number of nitrogens with zero attached hydrogens (tertiary/aromatic N) is 2. The summed E-state index contributed by atoms with van der Waals surface area (Å²) in [6, 6.07) is 1.20. The van der Waals surface area contributed by atoms with Crippen LogP contribution in [0.3, 0.4) is 0 Å². The number of carbonyl (C=O) groups excluding carboxylic acids is 1. The van der Waals surface area contributed by atoms with Gasteiger partial charge in [-0.05, 0) is 54.1 Å². The van der Waals surface area contributed by atoms with Crippen molar-refractivity contribution >= 4 is 27.8 Å². The molecular weight excluding hydrogens is 348 g/mol. The van der Waals surface area contributed by atoms with Gasteiger partial charge in [0.1, 0.15) is 11.7 Å². The zero-order valence-electron chi connectivity index (χ0n) is 12.7. The Labute approximate surface area is 138 Å². The number of amides is 1. The zero-order chi connectivity index (χ0) is 15.9. The van der Waals surface area contributed by atoms with E-state index in [0.717, 1.165) is 30.2 Å². The van der Waals surface area contributed by atoms with Crippen LogP contribution in [0, 0.1) is 5.92 Å². The van der Waals surface area contributed by atoms with Crippen LogP contribution in [0.5, 0.6) is 0 Å². The minimum Gasteiger partial charge on any atom is -0.480 e. The van der Waals surface area contributed by atoms with Crippen LogP contribution < -0.4 is 0 Å². The molecule has 1 saturated carbocycles. The Bertz CT molecular complexity index is 598. The number of aromatic nitrogens is 1. The first kappa shape index (κ1) is 15.6. The summed E-state index contributed by atoms with van der Waals surface area (Å²) in [5, 5.41) is 9.55. The molecule has 6 heteroatoms. The van der Waals surface area contributed by atoms with Crippen LogP contribution in [0.15, 0.2) is 16.7 Å². The van der Waals surface area contributed by atoms with E-state index in [2.05, 4.69) is 15.9 Å². The Morgan fingerprint density at radius 2 is 2.09 bits per heavy atom. The molecule has 5 nitrogen and oxygen atoms in total.